The molecule has 2 nitrogen and oxygen atoms in total. The molecule has 1 N–H and O–H groups in total. The number of rotatable bonds is 2. The van der Waals surface area contributed by atoms with Crippen LogP contribution in [0.25, 0.3) is 0 Å². The van der Waals surface area contributed by atoms with Gasteiger partial charge in [0.15, 0.2) is 0 Å². The molecular formula is C14H10BrF2NO. The van der Waals surface area contributed by atoms with Crippen molar-refractivity contribution in [2.45, 2.75) is 6.92 Å². The average molecular weight is 326 g/mol. The van der Waals surface area contributed by atoms with Gasteiger partial charge in [-0.15, -0.1) is 0 Å². The summed E-state index contributed by atoms with van der Waals surface area (Å²) < 4.78 is 27.4. The topological polar surface area (TPSA) is 29.1 Å². The maximum absolute atomic E-state index is 13.6. The van der Waals surface area contributed by atoms with E-state index in [0.29, 0.717) is 4.47 Å². The first-order valence-electron chi connectivity index (χ1n) is 5.50. The van der Waals surface area contributed by atoms with Gasteiger partial charge in [0.1, 0.15) is 11.6 Å². The molecule has 19 heavy (non-hydrogen) atoms. The predicted molar refractivity (Wildman–Crippen MR) is 73.2 cm³/mol. The molecule has 0 aliphatic heterocycles. The molecule has 0 saturated carbocycles. The lowest BCUT2D eigenvalue weighted by Gasteiger charge is -2.09. The second-order valence-corrected chi connectivity index (χ2v) is 4.89. The van der Waals surface area contributed by atoms with Crippen LogP contribution in [-0.4, -0.2) is 5.91 Å². The van der Waals surface area contributed by atoms with Gasteiger partial charge in [-0.05, 0) is 52.7 Å². The average Bonchev–Trinajstić information content (AvgIpc) is 2.33. The molecule has 5 heteroatoms. The van der Waals surface area contributed by atoms with Crippen LogP contribution in [0.2, 0.25) is 0 Å². The van der Waals surface area contributed by atoms with Gasteiger partial charge in [0.05, 0.1) is 11.3 Å². The zero-order valence-electron chi connectivity index (χ0n) is 10.0. The molecule has 0 aromatic heterocycles. The van der Waals surface area contributed by atoms with E-state index < -0.39 is 17.5 Å². The first-order valence-corrected chi connectivity index (χ1v) is 6.30. The summed E-state index contributed by atoms with van der Waals surface area (Å²) in [5.41, 5.74) is 0.674. The molecule has 2 aromatic carbocycles. The molecular weight excluding hydrogens is 316 g/mol. The van der Waals surface area contributed by atoms with Crippen molar-refractivity contribution in [1.29, 1.82) is 0 Å². The molecule has 1 amide bonds. The van der Waals surface area contributed by atoms with Crippen LogP contribution >= 0.6 is 15.9 Å². The van der Waals surface area contributed by atoms with Gasteiger partial charge in [0.25, 0.3) is 5.91 Å². The number of hydrogen-bond acceptors (Lipinski definition) is 1. The van der Waals surface area contributed by atoms with Gasteiger partial charge < -0.3 is 5.32 Å². The predicted octanol–water partition coefficient (Wildman–Crippen LogP) is 4.29. The van der Waals surface area contributed by atoms with Crippen molar-refractivity contribution in [2.24, 2.45) is 0 Å². The van der Waals surface area contributed by atoms with Gasteiger partial charge in [-0.3, -0.25) is 4.79 Å². The van der Waals surface area contributed by atoms with Crippen LogP contribution in [0, 0.1) is 18.6 Å². The number of benzene rings is 2. The third kappa shape index (κ3) is 2.98. The molecule has 0 bridgehead atoms. The van der Waals surface area contributed by atoms with E-state index in [1.165, 1.54) is 24.3 Å². The Balaban J connectivity index is 2.34. The molecule has 2 aromatic rings. The van der Waals surface area contributed by atoms with Crippen LogP contribution in [0.1, 0.15) is 15.9 Å². The molecule has 0 aliphatic carbocycles. The molecule has 0 saturated heterocycles. The van der Waals surface area contributed by atoms with Crippen LogP contribution in [0.4, 0.5) is 14.5 Å². The number of aryl methyl sites for hydroxylation is 1. The van der Waals surface area contributed by atoms with Gasteiger partial charge >= 0.3 is 0 Å². The lowest BCUT2D eigenvalue weighted by Crippen LogP contribution is -2.15. The van der Waals surface area contributed by atoms with Crippen molar-refractivity contribution in [3.05, 3.63) is 63.6 Å². The first-order chi connectivity index (χ1) is 8.99. The van der Waals surface area contributed by atoms with Crippen LogP contribution in [0.15, 0.2) is 40.9 Å². The van der Waals surface area contributed by atoms with E-state index in [2.05, 4.69) is 21.2 Å². The van der Waals surface area contributed by atoms with Crippen molar-refractivity contribution in [3.8, 4) is 0 Å². The molecule has 0 spiro atoms. The summed E-state index contributed by atoms with van der Waals surface area (Å²) in [5, 5.41) is 2.37. The number of carbonyl (C=O) groups excluding carboxylic acids is 1. The summed E-state index contributed by atoms with van der Waals surface area (Å²) >= 11 is 3.10. The van der Waals surface area contributed by atoms with Crippen molar-refractivity contribution >= 4 is 27.5 Å². The highest BCUT2D eigenvalue weighted by Gasteiger charge is 2.16. The van der Waals surface area contributed by atoms with E-state index in [1.807, 2.05) is 0 Å². The summed E-state index contributed by atoms with van der Waals surface area (Å²) in [7, 11) is 0. The van der Waals surface area contributed by atoms with E-state index in [9.17, 15) is 13.6 Å². The van der Waals surface area contributed by atoms with Crippen molar-refractivity contribution in [1.82, 2.24) is 0 Å². The van der Waals surface area contributed by atoms with Crippen molar-refractivity contribution in [3.63, 3.8) is 0 Å². The third-order valence-electron chi connectivity index (χ3n) is 2.56. The highest BCUT2D eigenvalue weighted by molar-refractivity contribution is 9.10. The Bertz CT molecular complexity index is 623. The van der Waals surface area contributed by atoms with E-state index in [1.54, 1.807) is 19.1 Å². The molecule has 0 atom stereocenters. The molecule has 0 aliphatic rings. The Kier molecular flexibility index (Phi) is 3.95. The van der Waals surface area contributed by atoms with Crippen LogP contribution < -0.4 is 5.32 Å². The number of halogens is 3. The zero-order valence-corrected chi connectivity index (χ0v) is 11.6. The Morgan fingerprint density at radius 3 is 2.58 bits per heavy atom. The summed E-state index contributed by atoms with van der Waals surface area (Å²) in [6.45, 7) is 1.77. The molecule has 0 fully saturated rings. The molecule has 98 valence electrons. The maximum atomic E-state index is 13.6. The standard InChI is InChI=1S/C14H10BrF2NO/c1-8-5-6-10(16)12(7-8)18-14(19)13-9(15)3-2-4-11(13)17/h2-7H,1H3,(H,18,19). The second kappa shape index (κ2) is 5.48. The fourth-order valence-corrected chi connectivity index (χ4v) is 2.16. The van der Waals surface area contributed by atoms with E-state index in [4.69, 9.17) is 0 Å². The van der Waals surface area contributed by atoms with E-state index >= 15 is 0 Å². The quantitative estimate of drug-likeness (QED) is 0.876. The smallest absolute Gasteiger partial charge is 0.259 e. The summed E-state index contributed by atoms with van der Waals surface area (Å²) in [5.74, 6) is -1.93. The van der Waals surface area contributed by atoms with Gasteiger partial charge in [0.2, 0.25) is 0 Å². The number of carbonyl (C=O) groups is 1. The highest BCUT2D eigenvalue weighted by atomic mass is 79.9. The minimum absolute atomic E-state index is 0.0279. The number of anilines is 1. The van der Waals surface area contributed by atoms with E-state index in [0.717, 1.165) is 5.56 Å². The molecule has 0 radical (unpaired) electrons. The molecule has 2 rings (SSSR count). The third-order valence-corrected chi connectivity index (χ3v) is 3.22. The number of amides is 1. The zero-order chi connectivity index (χ0) is 14.0. The van der Waals surface area contributed by atoms with Crippen LogP contribution in [-0.2, 0) is 0 Å². The fraction of sp³-hybridized carbons (Fsp3) is 0.0714. The van der Waals surface area contributed by atoms with Gasteiger partial charge in [-0.2, -0.15) is 0 Å². The maximum Gasteiger partial charge on any atom is 0.259 e. The summed E-state index contributed by atoms with van der Waals surface area (Å²) in [6.07, 6.45) is 0. The van der Waals surface area contributed by atoms with Crippen molar-refractivity contribution in [2.75, 3.05) is 5.32 Å². The van der Waals surface area contributed by atoms with Crippen molar-refractivity contribution < 1.29 is 13.6 Å². The van der Waals surface area contributed by atoms with Crippen LogP contribution in [0.5, 0.6) is 0 Å². The lowest BCUT2D eigenvalue weighted by atomic mass is 10.1. The fourth-order valence-electron chi connectivity index (χ4n) is 1.63. The van der Waals surface area contributed by atoms with E-state index in [-0.39, 0.29) is 11.3 Å². The SMILES string of the molecule is Cc1ccc(F)c(NC(=O)c2c(F)cccc2Br)c1. The van der Waals surface area contributed by atoms with Crippen LogP contribution in [0.3, 0.4) is 0 Å². The van der Waals surface area contributed by atoms with Gasteiger partial charge in [0, 0.05) is 4.47 Å². The number of nitrogens with one attached hydrogen (secondary N) is 1. The normalized spacial score (nSPS) is 10.3. The Morgan fingerprint density at radius 1 is 1.16 bits per heavy atom. The first kappa shape index (κ1) is 13.7. The van der Waals surface area contributed by atoms with Gasteiger partial charge in [-0.25, -0.2) is 8.78 Å². The largest absolute Gasteiger partial charge is 0.319 e. The Hall–Kier alpha value is -1.75. The minimum Gasteiger partial charge on any atom is -0.319 e. The number of hydrogen-bond donors (Lipinski definition) is 1. The monoisotopic (exact) mass is 325 g/mol. The highest BCUT2D eigenvalue weighted by Crippen LogP contribution is 2.22. The summed E-state index contributed by atoms with van der Waals surface area (Å²) in [4.78, 5) is 12.0. The summed E-state index contributed by atoms with van der Waals surface area (Å²) in [6, 6.07) is 8.52. The molecule has 0 unspecified atom stereocenters. The minimum atomic E-state index is -0.700. The Morgan fingerprint density at radius 2 is 1.89 bits per heavy atom. The second-order valence-electron chi connectivity index (χ2n) is 4.03. The lowest BCUT2D eigenvalue weighted by molar-refractivity contribution is 0.102. The van der Waals surface area contributed by atoms with Gasteiger partial charge in [-0.1, -0.05) is 12.1 Å². The Labute approximate surface area is 117 Å². The molecule has 0 heterocycles.